The van der Waals surface area contributed by atoms with Gasteiger partial charge in [-0.25, -0.2) is 4.79 Å². The van der Waals surface area contributed by atoms with Crippen molar-refractivity contribution in [3.63, 3.8) is 0 Å². The second-order valence-corrected chi connectivity index (χ2v) is 6.52. The lowest BCUT2D eigenvalue weighted by Crippen LogP contribution is -2.47. The highest BCUT2D eigenvalue weighted by atomic mass is 35.5. The van der Waals surface area contributed by atoms with E-state index in [4.69, 9.17) is 5.73 Å². The lowest BCUT2D eigenvalue weighted by Gasteiger charge is -2.25. The molecule has 1 aromatic rings. The average Bonchev–Trinajstić information content (AvgIpc) is 2.90. The molecule has 1 fully saturated rings. The Morgan fingerprint density at radius 1 is 1.15 bits per heavy atom. The van der Waals surface area contributed by atoms with Crippen molar-refractivity contribution in [2.45, 2.75) is 38.6 Å². The van der Waals surface area contributed by atoms with Crippen LogP contribution in [0.15, 0.2) is 30.3 Å². The van der Waals surface area contributed by atoms with Gasteiger partial charge < -0.3 is 16.0 Å². The topological polar surface area (TPSA) is 95.7 Å². The van der Waals surface area contributed by atoms with Gasteiger partial charge in [-0.2, -0.15) is 0 Å². The molecular formula is C19H29ClN4O3. The third kappa shape index (κ3) is 5.20. The Hall–Kier alpha value is -2.12. The summed E-state index contributed by atoms with van der Waals surface area (Å²) in [6.07, 6.45) is 1.69. The number of rotatable bonds is 9. The van der Waals surface area contributed by atoms with Crippen LogP contribution >= 0.6 is 12.4 Å². The van der Waals surface area contributed by atoms with Crippen LogP contribution in [0.5, 0.6) is 0 Å². The fraction of sp³-hybridized carbons (Fsp3) is 0.526. The summed E-state index contributed by atoms with van der Waals surface area (Å²) in [5.41, 5.74) is 5.86. The highest BCUT2D eigenvalue weighted by Gasteiger charge is 2.49. The molecule has 27 heavy (non-hydrogen) atoms. The molecule has 0 radical (unpaired) electrons. The molecule has 1 aliphatic heterocycles. The number of carbonyl (C=O) groups is 3. The number of halogens is 1. The standard InChI is InChI=1S/C19H28N4O3.ClH/c1-3-19(4-2)17(25)23(18(26)21-19)14-16(24)22(13-11-20)12-10-15-8-6-5-7-9-15;/h5-9H,3-4,10-14,20H2,1-2H3,(H,21,26);1H. The number of amides is 4. The van der Waals surface area contributed by atoms with E-state index < -0.39 is 11.6 Å². The van der Waals surface area contributed by atoms with Crippen LogP contribution in [0.25, 0.3) is 0 Å². The molecule has 1 saturated heterocycles. The summed E-state index contributed by atoms with van der Waals surface area (Å²) >= 11 is 0. The lowest BCUT2D eigenvalue weighted by atomic mass is 9.93. The summed E-state index contributed by atoms with van der Waals surface area (Å²) in [6, 6.07) is 9.35. The van der Waals surface area contributed by atoms with Crippen LogP contribution in [0.2, 0.25) is 0 Å². The van der Waals surface area contributed by atoms with Gasteiger partial charge in [0.05, 0.1) is 0 Å². The van der Waals surface area contributed by atoms with Crippen molar-refractivity contribution < 1.29 is 14.4 Å². The Morgan fingerprint density at radius 3 is 2.30 bits per heavy atom. The molecule has 0 bridgehead atoms. The van der Waals surface area contributed by atoms with Gasteiger partial charge in [0.15, 0.2) is 0 Å². The fourth-order valence-electron chi connectivity index (χ4n) is 3.21. The summed E-state index contributed by atoms with van der Waals surface area (Å²) in [7, 11) is 0. The highest BCUT2D eigenvalue weighted by molar-refractivity contribution is 6.08. The number of imide groups is 1. The molecular weight excluding hydrogens is 368 g/mol. The van der Waals surface area contributed by atoms with E-state index in [-0.39, 0.29) is 30.8 Å². The molecule has 8 heteroatoms. The quantitative estimate of drug-likeness (QED) is 0.619. The Labute approximate surface area is 166 Å². The van der Waals surface area contributed by atoms with Crippen LogP contribution in [-0.2, 0) is 16.0 Å². The molecule has 1 heterocycles. The maximum atomic E-state index is 12.7. The molecule has 0 atom stereocenters. The van der Waals surface area contributed by atoms with Crippen molar-refractivity contribution in [1.29, 1.82) is 0 Å². The second kappa shape index (κ2) is 10.3. The molecule has 4 amide bonds. The van der Waals surface area contributed by atoms with Crippen LogP contribution in [0.1, 0.15) is 32.3 Å². The van der Waals surface area contributed by atoms with Gasteiger partial charge in [0, 0.05) is 19.6 Å². The van der Waals surface area contributed by atoms with Gasteiger partial charge >= 0.3 is 6.03 Å². The SMILES string of the molecule is CCC1(CC)NC(=O)N(CC(=O)N(CCN)CCc2ccccc2)C1=O.Cl. The molecule has 0 aromatic heterocycles. The summed E-state index contributed by atoms with van der Waals surface area (Å²) < 4.78 is 0. The highest BCUT2D eigenvalue weighted by Crippen LogP contribution is 2.24. The first kappa shape index (κ1) is 22.9. The first-order valence-corrected chi connectivity index (χ1v) is 9.13. The van der Waals surface area contributed by atoms with Crippen LogP contribution < -0.4 is 11.1 Å². The van der Waals surface area contributed by atoms with Crippen molar-refractivity contribution in [1.82, 2.24) is 15.1 Å². The maximum Gasteiger partial charge on any atom is 0.325 e. The van der Waals surface area contributed by atoms with Gasteiger partial charge in [-0.15, -0.1) is 12.4 Å². The van der Waals surface area contributed by atoms with Crippen molar-refractivity contribution in [3.8, 4) is 0 Å². The molecule has 3 N–H and O–H groups in total. The first-order chi connectivity index (χ1) is 12.5. The summed E-state index contributed by atoms with van der Waals surface area (Å²) in [6.45, 7) is 4.68. The number of benzene rings is 1. The minimum absolute atomic E-state index is 0. The molecule has 7 nitrogen and oxygen atoms in total. The maximum absolute atomic E-state index is 12.7. The normalized spacial score (nSPS) is 15.3. The van der Waals surface area contributed by atoms with Crippen LogP contribution in [0, 0.1) is 0 Å². The molecule has 1 aromatic carbocycles. The zero-order valence-electron chi connectivity index (χ0n) is 15.9. The zero-order chi connectivity index (χ0) is 19.2. The molecule has 1 aliphatic rings. The number of nitrogens with two attached hydrogens (primary N) is 1. The molecule has 0 aliphatic carbocycles. The van der Waals surface area contributed by atoms with E-state index in [0.29, 0.717) is 38.9 Å². The third-order valence-electron chi connectivity index (χ3n) is 5.01. The zero-order valence-corrected chi connectivity index (χ0v) is 16.8. The third-order valence-corrected chi connectivity index (χ3v) is 5.01. The van der Waals surface area contributed by atoms with E-state index in [1.54, 1.807) is 4.90 Å². The largest absolute Gasteiger partial charge is 0.340 e. The first-order valence-electron chi connectivity index (χ1n) is 9.13. The van der Waals surface area contributed by atoms with Crippen LogP contribution in [-0.4, -0.2) is 59.4 Å². The Bertz CT molecular complexity index is 650. The van der Waals surface area contributed by atoms with Gasteiger partial charge in [-0.05, 0) is 24.8 Å². The van der Waals surface area contributed by atoms with E-state index >= 15 is 0 Å². The van der Waals surface area contributed by atoms with Gasteiger partial charge in [0.1, 0.15) is 12.1 Å². The van der Waals surface area contributed by atoms with Crippen molar-refractivity contribution in [3.05, 3.63) is 35.9 Å². The van der Waals surface area contributed by atoms with Gasteiger partial charge in [-0.1, -0.05) is 44.2 Å². The van der Waals surface area contributed by atoms with Crippen molar-refractivity contribution in [2.24, 2.45) is 5.73 Å². The number of hydrogen-bond donors (Lipinski definition) is 2. The van der Waals surface area contributed by atoms with Gasteiger partial charge in [-0.3, -0.25) is 14.5 Å². The van der Waals surface area contributed by atoms with E-state index in [1.807, 2.05) is 44.2 Å². The van der Waals surface area contributed by atoms with Gasteiger partial charge in [0.2, 0.25) is 5.91 Å². The van der Waals surface area contributed by atoms with Gasteiger partial charge in [0.25, 0.3) is 5.91 Å². The predicted octanol–water partition coefficient (Wildman–Crippen LogP) is 1.55. The number of nitrogens with one attached hydrogen (secondary N) is 1. The van der Waals surface area contributed by atoms with Crippen molar-refractivity contribution >= 4 is 30.3 Å². The lowest BCUT2D eigenvalue weighted by molar-refractivity contribution is -0.139. The van der Waals surface area contributed by atoms with E-state index in [9.17, 15) is 14.4 Å². The fourth-order valence-corrected chi connectivity index (χ4v) is 3.21. The smallest absolute Gasteiger partial charge is 0.325 e. The summed E-state index contributed by atoms with van der Waals surface area (Å²) in [5.74, 6) is -0.588. The summed E-state index contributed by atoms with van der Waals surface area (Å²) in [5, 5.41) is 2.74. The van der Waals surface area contributed by atoms with Crippen LogP contribution in [0.4, 0.5) is 4.79 Å². The van der Waals surface area contributed by atoms with E-state index in [2.05, 4.69) is 5.32 Å². The Morgan fingerprint density at radius 2 is 1.78 bits per heavy atom. The number of nitrogens with zero attached hydrogens (tertiary/aromatic N) is 2. The molecule has 2 rings (SSSR count). The number of carbonyl (C=O) groups excluding carboxylic acids is 3. The molecule has 0 unspecified atom stereocenters. The Kier molecular flexibility index (Phi) is 8.72. The molecule has 150 valence electrons. The van der Waals surface area contributed by atoms with Crippen molar-refractivity contribution in [2.75, 3.05) is 26.2 Å². The monoisotopic (exact) mass is 396 g/mol. The summed E-state index contributed by atoms with van der Waals surface area (Å²) in [4.78, 5) is 40.2. The van der Waals surface area contributed by atoms with E-state index in [1.165, 1.54) is 0 Å². The predicted molar refractivity (Wildman–Crippen MR) is 107 cm³/mol. The second-order valence-electron chi connectivity index (χ2n) is 6.52. The molecule has 0 spiro atoms. The number of hydrogen-bond acceptors (Lipinski definition) is 4. The Balaban J connectivity index is 0.00000364. The molecule has 0 saturated carbocycles. The average molecular weight is 397 g/mol. The van der Waals surface area contributed by atoms with E-state index in [0.717, 1.165) is 10.5 Å². The minimum atomic E-state index is -0.889. The number of urea groups is 1. The van der Waals surface area contributed by atoms with Crippen LogP contribution in [0.3, 0.4) is 0 Å². The minimum Gasteiger partial charge on any atom is -0.340 e.